The molecule has 0 heterocycles. The monoisotopic (exact) mass is 304 g/mol. The van der Waals surface area contributed by atoms with Gasteiger partial charge in [-0.1, -0.05) is 19.9 Å². The van der Waals surface area contributed by atoms with Gasteiger partial charge in [0.15, 0.2) is 0 Å². The summed E-state index contributed by atoms with van der Waals surface area (Å²) in [6.45, 7) is 3.59. The van der Waals surface area contributed by atoms with E-state index in [1.54, 1.807) is 38.1 Å². The van der Waals surface area contributed by atoms with Gasteiger partial charge in [-0.3, -0.25) is 14.4 Å². The standard InChI is InChI=1S/C16H20N2O4/c1-9(2)14(19)17-10-4-3-5-11(8-10)18-15(20)12-6-7-13(12)16(21)22/h3-5,8-9,12-13H,6-7H2,1-2H3,(H,17,19)(H,18,20)(H,21,22). The third kappa shape index (κ3) is 3.63. The Morgan fingerprint density at radius 1 is 1.09 bits per heavy atom. The topological polar surface area (TPSA) is 95.5 Å². The molecule has 1 fully saturated rings. The maximum Gasteiger partial charge on any atom is 0.307 e. The largest absolute Gasteiger partial charge is 0.481 e. The summed E-state index contributed by atoms with van der Waals surface area (Å²) in [6, 6.07) is 6.82. The number of carbonyl (C=O) groups is 3. The molecule has 3 N–H and O–H groups in total. The summed E-state index contributed by atoms with van der Waals surface area (Å²) < 4.78 is 0. The molecule has 0 radical (unpaired) electrons. The Balaban J connectivity index is 2.00. The normalized spacial score (nSPS) is 20.1. The fourth-order valence-corrected chi connectivity index (χ4v) is 2.31. The number of rotatable bonds is 5. The van der Waals surface area contributed by atoms with E-state index in [-0.39, 0.29) is 17.7 Å². The maximum absolute atomic E-state index is 12.1. The van der Waals surface area contributed by atoms with Gasteiger partial charge in [-0.2, -0.15) is 0 Å². The van der Waals surface area contributed by atoms with E-state index in [1.165, 1.54) is 0 Å². The van der Waals surface area contributed by atoms with Crippen molar-refractivity contribution in [3.05, 3.63) is 24.3 Å². The smallest absolute Gasteiger partial charge is 0.307 e. The third-order valence-corrected chi connectivity index (χ3v) is 3.85. The SMILES string of the molecule is CC(C)C(=O)Nc1cccc(NC(=O)C2CCC2C(=O)O)c1. The van der Waals surface area contributed by atoms with Crippen LogP contribution in [0.4, 0.5) is 11.4 Å². The molecule has 118 valence electrons. The Morgan fingerprint density at radius 2 is 1.68 bits per heavy atom. The van der Waals surface area contributed by atoms with E-state index < -0.39 is 17.8 Å². The van der Waals surface area contributed by atoms with Crippen molar-refractivity contribution in [2.45, 2.75) is 26.7 Å². The molecule has 2 atom stereocenters. The molecule has 0 aliphatic heterocycles. The van der Waals surface area contributed by atoms with Crippen LogP contribution in [0.2, 0.25) is 0 Å². The molecule has 0 saturated heterocycles. The predicted octanol–water partition coefficient (Wildman–Crippen LogP) is 2.33. The van der Waals surface area contributed by atoms with Gasteiger partial charge in [0.25, 0.3) is 0 Å². The number of benzene rings is 1. The quantitative estimate of drug-likeness (QED) is 0.778. The minimum absolute atomic E-state index is 0.103. The van der Waals surface area contributed by atoms with Crippen molar-refractivity contribution in [2.75, 3.05) is 10.6 Å². The van der Waals surface area contributed by atoms with Gasteiger partial charge in [0.05, 0.1) is 11.8 Å². The molecular formula is C16H20N2O4. The zero-order valence-corrected chi connectivity index (χ0v) is 12.6. The fourth-order valence-electron chi connectivity index (χ4n) is 2.31. The Bertz CT molecular complexity index is 598. The van der Waals surface area contributed by atoms with Crippen LogP contribution in [0.1, 0.15) is 26.7 Å². The van der Waals surface area contributed by atoms with Gasteiger partial charge < -0.3 is 15.7 Å². The van der Waals surface area contributed by atoms with Crippen molar-refractivity contribution < 1.29 is 19.5 Å². The molecule has 1 saturated carbocycles. The number of hydrogen-bond acceptors (Lipinski definition) is 3. The van der Waals surface area contributed by atoms with E-state index in [1.807, 2.05) is 0 Å². The van der Waals surface area contributed by atoms with Gasteiger partial charge in [0, 0.05) is 17.3 Å². The molecule has 2 amide bonds. The minimum atomic E-state index is -0.927. The molecule has 1 aliphatic rings. The molecule has 1 aliphatic carbocycles. The van der Waals surface area contributed by atoms with Crippen LogP contribution in [0.5, 0.6) is 0 Å². The molecule has 2 unspecified atom stereocenters. The highest BCUT2D eigenvalue weighted by Crippen LogP contribution is 2.35. The van der Waals surface area contributed by atoms with Gasteiger partial charge >= 0.3 is 5.97 Å². The van der Waals surface area contributed by atoms with E-state index in [2.05, 4.69) is 10.6 Å². The Labute approximate surface area is 128 Å². The summed E-state index contributed by atoms with van der Waals surface area (Å²) in [4.78, 5) is 34.7. The van der Waals surface area contributed by atoms with Crippen molar-refractivity contribution in [2.24, 2.45) is 17.8 Å². The first-order valence-corrected chi connectivity index (χ1v) is 7.33. The average molecular weight is 304 g/mol. The van der Waals surface area contributed by atoms with Gasteiger partial charge in [-0.15, -0.1) is 0 Å². The molecular weight excluding hydrogens is 284 g/mol. The maximum atomic E-state index is 12.1. The van der Waals surface area contributed by atoms with Crippen molar-refractivity contribution in [1.82, 2.24) is 0 Å². The summed E-state index contributed by atoms with van der Waals surface area (Å²) in [5.74, 6) is -2.52. The lowest BCUT2D eigenvalue weighted by atomic mass is 9.73. The molecule has 0 aromatic heterocycles. The number of amides is 2. The molecule has 1 aromatic rings. The van der Waals surface area contributed by atoms with Crippen LogP contribution in [-0.2, 0) is 14.4 Å². The number of carboxylic acid groups (broad SMARTS) is 1. The van der Waals surface area contributed by atoms with Crippen LogP contribution in [0.15, 0.2) is 24.3 Å². The second-order valence-electron chi connectivity index (χ2n) is 5.84. The van der Waals surface area contributed by atoms with Crippen LogP contribution in [0, 0.1) is 17.8 Å². The molecule has 0 spiro atoms. The summed E-state index contributed by atoms with van der Waals surface area (Å²) in [5, 5.41) is 14.5. The molecule has 0 bridgehead atoms. The molecule has 2 rings (SSSR count). The van der Waals surface area contributed by atoms with E-state index in [9.17, 15) is 14.4 Å². The van der Waals surface area contributed by atoms with Crippen LogP contribution >= 0.6 is 0 Å². The van der Waals surface area contributed by atoms with Crippen molar-refractivity contribution in [3.8, 4) is 0 Å². The molecule has 22 heavy (non-hydrogen) atoms. The summed E-state index contributed by atoms with van der Waals surface area (Å²) in [5.41, 5.74) is 1.14. The number of hydrogen-bond donors (Lipinski definition) is 3. The van der Waals surface area contributed by atoms with Gasteiger partial charge in [-0.05, 0) is 31.0 Å². The fraction of sp³-hybridized carbons (Fsp3) is 0.438. The number of aliphatic carboxylic acids is 1. The average Bonchev–Trinajstić information content (AvgIpc) is 2.36. The number of nitrogens with one attached hydrogen (secondary N) is 2. The molecule has 6 heteroatoms. The Hall–Kier alpha value is -2.37. The zero-order valence-electron chi connectivity index (χ0n) is 12.6. The third-order valence-electron chi connectivity index (χ3n) is 3.85. The van der Waals surface area contributed by atoms with Crippen LogP contribution in [0.25, 0.3) is 0 Å². The van der Waals surface area contributed by atoms with E-state index >= 15 is 0 Å². The molecule has 6 nitrogen and oxygen atoms in total. The van der Waals surface area contributed by atoms with Gasteiger partial charge in [0.1, 0.15) is 0 Å². The minimum Gasteiger partial charge on any atom is -0.481 e. The first-order valence-electron chi connectivity index (χ1n) is 7.33. The van der Waals surface area contributed by atoms with Crippen LogP contribution < -0.4 is 10.6 Å². The summed E-state index contributed by atoms with van der Waals surface area (Å²) in [7, 11) is 0. The second kappa shape index (κ2) is 6.60. The van der Waals surface area contributed by atoms with Crippen LogP contribution in [-0.4, -0.2) is 22.9 Å². The van der Waals surface area contributed by atoms with Crippen molar-refractivity contribution in [3.63, 3.8) is 0 Å². The number of carboxylic acids is 1. The van der Waals surface area contributed by atoms with Gasteiger partial charge in [-0.25, -0.2) is 0 Å². The van der Waals surface area contributed by atoms with E-state index in [0.29, 0.717) is 24.2 Å². The highest BCUT2D eigenvalue weighted by Gasteiger charge is 2.41. The Kier molecular flexibility index (Phi) is 4.80. The highest BCUT2D eigenvalue weighted by molar-refractivity contribution is 5.97. The lowest BCUT2D eigenvalue weighted by molar-refractivity contribution is -0.151. The number of anilines is 2. The number of carbonyl (C=O) groups excluding carboxylic acids is 2. The second-order valence-corrected chi connectivity index (χ2v) is 5.84. The van der Waals surface area contributed by atoms with Crippen molar-refractivity contribution >= 4 is 29.2 Å². The lowest BCUT2D eigenvalue weighted by Gasteiger charge is -2.31. The highest BCUT2D eigenvalue weighted by atomic mass is 16.4. The lowest BCUT2D eigenvalue weighted by Crippen LogP contribution is -2.41. The van der Waals surface area contributed by atoms with E-state index in [0.717, 1.165) is 0 Å². The zero-order chi connectivity index (χ0) is 16.3. The first-order chi connectivity index (χ1) is 10.4. The van der Waals surface area contributed by atoms with E-state index in [4.69, 9.17) is 5.11 Å². The molecule has 1 aromatic carbocycles. The van der Waals surface area contributed by atoms with Crippen LogP contribution in [0.3, 0.4) is 0 Å². The predicted molar refractivity (Wildman–Crippen MR) is 82.4 cm³/mol. The first kappa shape index (κ1) is 16.0. The summed E-state index contributed by atoms with van der Waals surface area (Å²) in [6.07, 6.45) is 1.13. The Morgan fingerprint density at radius 3 is 2.18 bits per heavy atom. The summed E-state index contributed by atoms with van der Waals surface area (Å²) >= 11 is 0. The van der Waals surface area contributed by atoms with Gasteiger partial charge in [0.2, 0.25) is 11.8 Å². The van der Waals surface area contributed by atoms with Crippen molar-refractivity contribution in [1.29, 1.82) is 0 Å².